The molecular weight excluding hydrogens is 377 g/mol. The highest BCUT2D eigenvalue weighted by Gasteiger charge is 2.25. The fourth-order valence-electron chi connectivity index (χ4n) is 3.01. The lowest BCUT2D eigenvalue weighted by Crippen LogP contribution is -2.48. The van der Waals surface area contributed by atoms with Gasteiger partial charge in [-0.05, 0) is 47.6 Å². The topological polar surface area (TPSA) is 35.6 Å². The van der Waals surface area contributed by atoms with Crippen LogP contribution in [-0.2, 0) is 0 Å². The SMILES string of the molecule is CN1CCN(C(CNC(=O)c2cc(Cl)ccc2Cl)c2ccsc2)CC1. The van der Waals surface area contributed by atoms with E-state index >= 15 is 0 Å². The zero-order valence-electron chi connectivity index (χ0n) is 14.0. The lowest BCUT2D eigenvalue weighted by atomic mass is 10.1. The third kappa shape index (κ3) is 4.74. The summed E-state index contributed by atoms with van der Waals surface area (Å²) in [5.74, 6) is -0.193. The van der Waals surface area contributed by atoms with Crippen LogP contribution in [-0.4, -0.2) is 55.5 Å². The molecule has 0 saturated carbocycles. The predicted molar refractivity (Wildman–Crippen MR) is 105 cm³/mol. The van der Waals surface area contributed by atoms with Gasteiger partial charge >= 0.3 is 0 Å². The summed E-state index contributed by atoms with van der Waals surface area (Å²) >= 11 is 13.8. The first kappa shape index (κ1) is 18.7. The monoisotopic (exact) mass is 397 g/mol. The largest absolute Gasteiger partial charge is 0.350 e. The highest BCUT2D eigenvalue weighted by Crippen LogP contribution is 2.25. The first-order valence-corrected chi connectivity index (χ1v) is 9.92. The maximum atomic E-state index is 12.5. The van der Waals surface area contributed by atoms with Crippen molar-refractivity contribution in [2.45, 2.75) is 6.04 Å². The second-order valence-corrected chi connectivity index (χ2v) is 7.87. The molecule has 0 aliphatic carbocycles. The molecule has 0 radical (unpaired) electrons. The van der Waals surface area contributed by atoms with E-state index in [0.29, 0.717) is 22.2 Å². The number of rotatable bonds is 5. The fraction of sp³-hybridized carbons (Fsp3) is 0.389. The molecule has 1 aliphatic rings. The van der Waals surface area contributed by atoms with Gasteiger partial charge in [-0.3, -0.25) is 9.69 Å². The molecule has 7 heteroatoms. The Morgan fingerprint density at radius 1 is 1.24 bits per heavy atom. The number of nitrogens with one attached hydrogen (secondary N) is 1. The van der Waals surface area contributed by atoms with E-state index in [1.807, 2.05) is 0 Å². The van der Waals surface area contributed by atoms with Crippen LogP contribution in [0.25, 0.3) is 0 Å². The number of thiophene rings is 1. The van der Waals surface area contributed by atoms with E-state index in [1.165, 1.54) is 5.56 Å². The molecule has 1 unspecified atom stereocenters. The quantitative estimate of drug-likeness (QED) is 0.833. The third-order valence-electron chi connectivity index (χ3n) is 4.54. The minimum absolute atomic E-state index is 0.168. The van der Waals surface area contributed by atoms with Crippen molar-refractivity contribution in [2.75, 3.05) is 39.8 Å². The second-order valence-electron chi connectivity index (χ2n) is 6.25. The number of amides is 1. The summed E-state index contributed by atoms with van der Waals surface area (Å²) < 4.78 is 0. The highest BCUT2D eigenvalue weighted by atomic mass is 35.5. The van der Waals surface area contributed by atoms with Crippen molar-refractivity contribution in [1.82, 2.24) is 15.1 Å². The van der Waals surface area contributed by atoms with Gasteiger partial charge in [-0.2, -0.15) is 11.3 Å². The van der Waals surface area contributed by atoms with Gasteiger partial charge in [0, 0.05) is 37.7 Å². The Morgan fingerprint density at radius 3 is 2.68 bits per heavy atom. The number of carbonyl (C=O) groups excluding carboxylic acids is 1. The zero-order valence-corrected chi connectivity index (χ0v) is 16.4. The summed E-state index contributed by atoms with van der Waals surface area (Å²) in [6.07, 6.45) is 0. The van der Waals surface area contributed by atoms with Crippen molar-refractivity contribution in [3.63, 3.8) is 0 Å². The Kier molecular flexibility index (Phi) is 6.36. The van der Waals surface area contributed by atoms with Gasteiger partial charge in [-0.25, -0.2) is 0 Å². The van der Waals surface area contributed by atoms with E-state index in [2.05, 4.69) is 39.0 Å². The van der Waals surface area contributed by atoms with Gasteiger partial charge in [0.1, 0.15) is 0 Å². The number of likely N-dealkylation sites (N-methyl/N-ethyl adjacent to an activating group) is 1. The Labute approximate surface area is 162 Å². The van der Waals surface area contributed by atoms with E-state index in [4.69, 9.17) is 23.2 Å². The Hall–Kier alpha value is -1.11. The van der Waals surface area contributed by atoms with Crippen LogP contribution in [0, 0.1) is 0 Å². The summed E-state index contributed by atoms with van der Waals surface area (Å²) in [6.45, 7) is 4.60. The fourth-order valence-corrected chi connectivity index (χ4v) is 4.09. The minimum atomic E-state index is -0.193. The van der Waals surface area contributed by atoms with Crippen LogP contribution < -0.4 is 5.32 Å². The predicted octanol–water partition coefficient (Wildman–Crippen LogP) is 3.77. The van der Waals surface area contributed by atoms with Crippen molar-refractivity contribution >= 4 is 40.4 Å². The third-order valence-corrected chi connectivity index (χ3v) is 5.80. The molecule has 1 atom stereocenters. The number of carbonyl (C=O) groups is 1. The number of piperazine rings is 1. The first-order valence-electron chi connectivity index (χ1n) is 8.22. The van der Waals surface area contributed by atoms with Crippen molar-refractivity contribution in [3.8, 4) is 0 Å². The molecule has 2 aromatic rings. The molecule has 25 heavy (non-hydrogen) atoms. The Morgan fingerprint density at radius 2 is 2.00 bits per heavy atom. The Bertz CT molecular complexity index is 715. The van der Waals surface area contributed by atoms with Crippen LogP contribution in [0.1, 0.15) is 22.0 Å². The van der Waals surface area contributed by atoms with Crippen LogP contribution in [0.2, 0.25) is 10.0 Å². The van der Waals surface area contributed by atoms with E-state index in [9.17, 15) is 4.79 Å². The number of nitrogens with zero attached hydrogens (tertiary/aromatic N) is 2. The van der Waals surface area contributed by atoms with Gasteiger partial charge < -0.3 is 10.2 Å². The molecule has 3 rings (SSSR count). The molecule has 4 nitrogen and oxygen atoms in total. The lowest BCUT2D eigenvalue weighted by molar-refractivity contribution is 0.0887. The Balaban J connectivity index is 1.70. The maximum Gasteiger partial charge on any atom is 0.252 e. The molecule has 1 aromatic carbocycles. The van der Waals surface area contributed by atoms with Gasteiger partial charge in [-0.15, -0.1) is 0 Å². The van der Waals surface area contributed by atoms with Gasteiger partial charge in [0.05, 0.1) is 16.6 Å². The zero-order chi connectivity index (χ0) is 17.8. The van der Waals surface area contributed by atoms with Crippen LogP contribution in [0.15, 0.2) is 35.0 Å². The van der Waals surface area contributed by atoms with Gasteiger partial charge in [-0.1, -0.05) is 23.2 Å². The number of benzene rings is 1. The summed E-state index contributed by atoms with van der Waals surface area (Å²) in [6, 6.07) is 7.23. The standard InChI is InChI=1S/C18H21Cl2N3OS/c1-22-5-7-23(8-6-22)17(13-4-9-25-12-13)11-21-18(24)15-10-14(19)2-3-16(15)20/h2-4,9-10,12,17H,5-8,11H2,1H3,(H,21,24). The smallest absolute Gasteiger partial charge is 0.252 e. The normalized spacial score (nSPS) is 17.4. The molecular formula is C18H21Cl2N3OS. The average Bonchev–Trinajstić information content (AvgIpc) is 3.13. The van der Waals surface area contributed by atoms with Crippen molar-refractivity contribution in [1.29, 1.82) is 0 Å². The molecule has 0 bridgehead atoms. The molecule has 134 valence electrons. The van der Waals surface area contributed by atoms with Crippen molar-refractivity contribution in [2.24, 2.45) is 0 Å². The van der Waals surface area contributed by atoms with E-state index < -0.39 is 0 Å². The first-order chi connectivity index (χ1) is 12.0. The molecule has 1 N–H and O–H groups in total. The second kappa shape index (κ2) is 8.52. The van der Waals surface area contributed by atoms with Gasteiger partial charge in [0.15, 0.2) is 0 Å². The maximum absolute atomic E-state index is 12.5. The summed E-state index contributed by atoms with van der Waals surface area (Å²) in [5.41, 5.74) is 1.66. The summed E-state index contributed by atoms with van der Waals surface area (Å²) in [4.78, 5) is 17.3. The van der Waals surface area contributed by atoms with E-state index in [1.54, 1.807) is 29.5 Å². The molecule has 0 spiro atoms. The molecule has 1 amide bonds. The molecule has 1 saturated heterocycles. The summed E-state index contributed by atoms with van der Waals surface area (Å²) in [7, 11) is 2.14. The van der Waals surface area contributed by atoms with E-state index in [0.717, 1.165) is 26.2 Å². The van der Waals surface area contributed by atoms with Crippen LogP contribution >= 0.6 is 34.5 Å². The molecule has 1 aromatic heterocycles. The van der Waals surface area contributed by atoms with Gasteiger partial charge in [0.2, 0.25) is 0 Å². The number of hydrogen-bond acceptors (Lipinski definition) is 4. The van der Waals surface area contributed by atoms with Crippen molar-refractivity contribution < 1.29 is 4.79 Å². The molecule has 1 aliphatic heterocycles. The molecule has 1 fully saturated rings. The lowest BCUT2D eigenvalue weighted by Gasteiger charge is -2.38. The highest BCUT2D eigenvalue weighted by molar-refractivity contribution is 7.08. The van der Waals surface area contributed by atoms with Crippen LogP contribution in [0.3, 0.4) is 0 Å². The van der Waals surface area contributed by atoms with E-state index in [-0.39, 0.29) is 11.9 Å². The molecule has 2 heterocycles. The van der Waals surface area contributed by atoms with Crippen LogP contribution in [0.4, 0.5) is 0 Å². The van der Waals surface area contributed by atoms with Gasteiger partial charge in [0.25, 0.3) is 5.91 Å². The number of halogens is 2. The average molecular weight is 398 g/mol. The summed E-state index contributed by atoms with van der Waals surface area (Å²) in [5, 5.41) is 8.18. The minimum Gasteiger partial charge on any atom is -0.350 e. The number of hydrogen-bond donors (Lipinski definition) is 1. The van der Waals surface area contributed by atoms with Crippen LogP contribution in [0.5, 0.6) is 0 Å². The van der Waals surface area contributed by atoms with Crippen molar-refractivity contribution in [3.05, 3.63) is 56.2 Å².